The number of ether oxygens (including phenoxy) is 1. The molecule has 1 saturated carbocycles. The number of halogens is 3. The number of aromatic nitrogens is 2. The molecule has 6 nitrogen and oxygen atoms in total. The minimum absolute atomic E-state index is 0.0909. The lowest BCUT2D eigenvalue weighted by Crippen LogP contribution is -2.29. The summed E-state index contributed by atoms with van der Waals surface area (Å²) in [5.74, 6) is -0.329. The molecule has 0 saturated heterocycles. The fourth-order valence-electron chi connectivity index (χ4n) is 5.05. The molecular formula is C24H26F3N3O3. The first-order chi connectivity index (χ1) is 15.4. The summed E-state index contributed by atoms with van der Waals surface area (Å²) in [6.45, 7) is 6.66. The van der Waals surface area contributed by atoms with Crippen LogP contribution >= 0.6 is 0 Å². The lowest BCUT2D eigenvalue weighted by atomic mass is 9.70. The molecule has 2 N–H and O–H groups in total. The summed E-state index contributed by atoms with van der Waals surface area (Å²) in [6, 6.07) is 10.4. The Hall–Kier alpha value is -3.23. The number of alkyl halides is 3. The Morgan fingerprint density at radius 1 is 1.18 bits per heavy atom. The maximum absolute atomic E-state index is 12.5. The third-order valence-corrected chi connectivity index (χ3v) is 6.01. The molecule has 1 fully saturated rings. The van der Waals surface area contributed by atoms with E-state index in [0.717, 1.165) is 19.3 Å². The van der Waals surface area contributed by atoms with Gasteiger partial charge < -0.3 is 19.7 Å². The number of imidazole rings is 1. The van der Waals surface area contributed by atoms with E-state index in [1.54, 1.807) is 12.1 Å². The number of rotatable bonds is 5. The van der Waals surface area contributed by atoms with Gasteiger partial charge in [0, 0.05) is 11.7 Å². The average molecular weight is 461 g/mol. The van der Waals surface area contributed by atoms with Crippen LogP contribution in [0.5, 0.6) is 5.75 Å². The standard InChI is InChI=1S/C24H26F3N3O3/c1-14-10-17(13-23(2,3)12-14)30-20-11-15(21(31)32)4-9-19(20)29-22(30)28-16-5-7-18(8-6-16)33-24(25,26)27/h4-9,11,14,17H,10,12-13H2,1-3H3,(H,28,29)(H,31,32)/t14-,17-/m1/s1. The van der Waals surface area contributed by atoms with Crippen LogP contribution in [0.1, 0.15) is 56.4 Å². The van der Waals surface area contributed by atoms with Crippen LogP contribution in [0.25, 0.3) is 11.0 Å². The Kier molecular flexibility index (Phi) is 5.76. The lowest BCUT2D eigenvalue weighted by Gasteiger charge is -2.40. The van der Waals surface area contributed by atoms with E-state index in [1.165, 1.54) is 30.3 Å². The predicted molar refractivity (Wildman–Crippen MR) is 119 cm³/mol. The average Bonchev–Trinajstić information content (AvgIpc) is 3.03. The van der Waals surface area contributed by atoms with Crippen molar-refractivity contribution < 1.29 is 27.8 Å². The van der Waals surface area contributed by atoms with Gasteiger partial charge in [0.05, 0.1) is 16.6 Å². The molecule has 4 rings (SSSR count). The van der Waals surface area contributed by atoms with Crippen LogP contribution < -0.4 is 10.1 Å². The molecule has 1 heterocycles. The molecule has 3 aromatic rings. The van der Waals surface area contributed by atoms with Crippen LogP contribution in [0.15, 0.2) is 42.5 Å². The van der Waals surface area contributed by atoms with Crippen LogP contribution in [0, 0.1) is 11.3 Å². The summed E-state index contributed by atoms with van der Waals surface area (Å²) in [4.78, 5) is 16.3. The highest BCUT2D eigenvalue weighted by atomic mass is 19.4. The monoisotopic (exact) mass is 461 g/mol. The molecule has 2 atom stereocenters. The summed E-state index contributed by atoms with van der Waals surface area (Å²) in [5, 5.41) is 12.7. The van der Waals surface area contributed by atoms with Crippen molar-refractivity contribution >= 4 is 28.6 Å². The van der Waals surface area contributed by atoms with Gasteiger partial charge in [-0.15, -0.1) is 13.2 Å². The van der Waals surface area contributed by atoms with Crippen LogP contribution in [0.4, 0.5) is 24.8 Å². The van der Waals surface area contributed by atoms with Gasteiger partial charge in [-0.3, -0.25) is 0 Å². The third-order valence-electron chi connectivity index (χ3n) is 6.01. The Balaban J connectivity index is 1.74. The Bertz CT molecular complexity index is 1170. The third kappa shape index (κ3) is 5.23. The molecule has 1 aliphatic rings. The van der Waals surface area contributed by atoms with Crippen LogP contribution in [0.2, 0.25) is 0 Å². The van der Waals surface area contributed by atoms with Crippen molar-refractivity contribution in [2.75, 3.05) is 5.32 Å². The van der Waals surface area contributed by atoms with Gasteiger partial charge in [-0.2, -0.15) is 0 Å². The number of carbonyl (C=O) groups is 1. The summed E-state index contributed by atoms with van der Waals surface area (Å²) in [6.07, 6.45) is -1.85. The van der Waals surface area contributed by atoms with E-state index in [4.69, 9.17) is 0 Å². The Morgan fingerprint density at radius 2 is 1.88 bits per heavy atom. The van der Waals surface area contributed by atoms with Gasteiger partial charge >= 0.3 is 12.3 Å². The zero-order valence-electron chi connectivity index (χ0n) is 18.6. The van der Waals surface area contributed by atoms with Crippen molar-refractivity contribution in [1.29, 1.82) is 0 Å². The molecule has 33 heavy (non-hydrogen) atoms. The van der Waals surface area contributed by atoms with Crippen LogP contribution in [-0.2, 0) is 0 Å². The summed E-state index contributed by atoms with van der Waals surface area (Å²) < 4.78 is 43.4. The van der Waals surface area contributed by atoms with Gasteiger partial charge in [0.2, 0.25) is 5.95 Å². The number of hydrogen-bond acceptors (Lipinski definition) is 4. The molecule has 176 valence electrons. The number of carboxylic acids is 1. The van der Waals surface area contributed by atoms with Gasteiger partial charge in [-0.05, 0) is 73.1 Å². The molecule has 0 aliphatic heterocycles. The van der Waals surface area contributed by atoms with Crippen molar-refractivity contribution in [3.8, 4) is 5.75 Å². The number of aromatic carboxylic acids is 1. The number of fused-ring (bicyclic) bond motifs is 1. The van der Waals surface area contributed by atoms with E-state index >= 15 is 0 Å². The number of benzene rings is 2. The minimum atomic E-state index is -4.75. The van der Waals surface area contributed by atoms with E-state index in [-0.39, 0.29) is 22.8 Å². The second-order valence-electron chi connectivity index (χ2n) is 9.58. The zero-order chi connectivity index (χ0) is 24.0. The molecule has 0 unspecified atom stereocenters. The SMILES string of the molecule is C[C@@H]1C[C@@H](n2c(Nc3ccc(OC(F)(F)F)cc3)nc3ccc(C(=O)O)cc32)CC(C)(C)C1. The first-order valence-corrected chi connectivity index (χ1v) is 10.8. The first kappa shape index (κ1) is 22.9. The number of anilines is 2. The molecular weight excluding hydrogens is 435 g/mol. The van der Waals surface area contributed by atoms with E-state index in [1.807, 2.05) is 4.57 Å². The molecule has 2 aromatic carbocycles. The molecule has 9 heteroatoms. The molecule has 1 aromatic heterocycles. The molecule has 0 radical (unpaired) electrons. The van der Waals surface area contributed by atoms with Gasteiger partial charge in [-0.25, -0.2) is 9.78 Å². The van der Waals surface area contributed by atoms with Gasteiger partial charge in [0.25, 0.3) is 0 Å². The predicted octanol–water partition coefficient (Wildman–Crippen LogP) is 6.76. The quantitative estimate of drug-likeness (QED) is 0.439. The van der Waals surface area contributed by atoms with Crippen molar-refractivity contribution in [2.45, 2.75) is 52.4 Å². The Morgan fingerprint density at radius 3 is 2.48 bits per heavy atom. The fraction of sp³-hybridized carbons (Fsp3) is 0.417. The highest BCUT2D eigenvalue weighted by molar-refractivity contribution is 5.93. The first-order valence-electron chi connectivity index (χ1n) is 10.8. The molecule has 0 amide bonds. The van der Waals surface area contributed by atoms with Crippen molar-refractivity contribution in [2.24, 2.45) is 11.3 Å². The summed E-state index contributed by atoms with van der Waals surface area (Å²) in [7, 11) is 0. The topological polar surface area (TPSA) is 76.4 Å². The second-order valence-corrected chi connectivity index (χ2v) is 9.58. The zero-order valence-corrected chi connectivity index (χ0v) is 18.6. The van der Waals surface area contributed by atoms with E-state index in [9.17, 15) is 23.1 Å². The number of nitrogens with zero attached hydrogens (tertiary/aromatic N) is 2. The smallest absolute Gasteiger partial charge is 0.478 e. The lowest BCUT2D eigenvalue weighted by molar-refractivity contribution is -0.274. The van der Waals surface area contributed by atoms with Crippen LogP contribution in [-0.4, -0.2) is 27.0 Å². The number of carboxylic acid groups (broad SMARTS) is 1. The van der Waals surface area contributed by atoms with Crippen LogP contribution in [0.3, 0.4) is 0 Å². The minimum Gasteiger partial charge on any atom is -0.478 e. The second kappa shape index (κ2) is 8.28. The van der Waals surface area contributed by atoms with Gasteiger partial charge in [0.1, 0.15) is 5.75 Å². The summed E-state index contributed by atoms with van der Waals surface area (Å²) >= 11 is 0. The highest BCUT2D eigenvalue weighted by Gasteiger charge is 2.35. The highest BCUT2D eigenvalue weighted by Crippen LogP contribution is 2.46. The Labute approximate surface area is 189 Å². The number of nitrogens with one attached hydrogen (secondary N) is 1. The van der Waals surface area contributed by atoms with E-state index < -0.39 is 12.3 Å². The number of hydrogen-bond donors (Lipinski definition) is 2. The van der Waals surface area contributed by atoms with Crippen molar-refractivity contribution in [3.63, 3.8) is 0 Å². The van der Waals surface area contributed by atoms with Gasteiger partial charge in [0.15, 0.2) is 0 Å². The van der Waals surface area contributed by atoms with Crippen molar-refractivity contribution in [3.05, 3.63) is 48.0 Å². The summed E-state index contributed by atoms with van der Waals surface area (Å²) in [5.41, 5.74) is 2.19. The molecule has 1 aliphatic carbocycles. The normalized spacial score (nSPS) is 20.5. The maximum atomic E-state index is 12.5. The van der Waals surface area contributed by atoms with Crippen molar-refractivity contribution in [1.82, 2.24) is 9.55 Å². The fourth-order valence-corrected chi connectivity index (χ4v) is 5.05. The molecule has 0 spiro atoms. The maximum Gasteiger partial charge on any atom is 0.573 e. The van der Waals surface area contributed by atoms with E-state index in [2.05, 4.69) is 35.8 Å². The van der Waals surface area contributed by atoms with Gasteiger partial charge in [-0.1, -0.05) is 20.8 Å². The molecule has 0 bridgehead atoms. The van der Waals surface area contributed by atoms with E-state index in [0.29, 0.717) is 28.6 Å². The largest absolute Gasteiger partial charge is 0.573 e.